The minimum atomic E-state index is -0.387. The zero-order valence-corrected chi connectivity index (χ0v) is 19.2. The van der Waals surface area contributed by atoms with Gasteiger partial charge in [-0.2, -0.15) is 0 Å². The monoisotopic (exact) mass is 470 g/mol. The number of amides is 3. The molecule has 178 valence electrons. The van der Waals surface area contributed by atoms with Crippen LogP contribution in [0.2, 0.25) is 0 Å². The van der Waals surface area contributed by atoms with Crippen molar-refractivity contribution in [2.75, 3.05) is 13.2 Å². The summed E-state index contributed by atoms with van der Waals surface area (Å²) >= 11 is 0. The average Bonchev–Trinajstić information content (AvgIpc) is 3.50. The number of benzene rings is 3. The third kappa shape index (κ3) is 5.10. The van der Waals surface area contributed by atoms with Crippen molar-refractivity contribution in [3.8, 4) is 5.75 Å². The van der Waals surface area contributed by atoms with E-state index in [0.29, 0.717) is 24.3 Å². The Balaban J connectivity index is 1.18. The highest BCUT2D eigenvalue weighted by atomic mass is 16.5. The molecule has 3 aromatic rings. The van der Waals surface area contributed by atoms with Gasteiger partial charge in [0.15, 0.2) is 0 Å². The SMILES string of the molecule is O=C(NCc1ccc(OCC2CCCO2)cc1)c1ccc2c(c1)C(=O)N(Cc1ccccc1)C2=O. The molecule has 0 spiro atoms. The normalized spacial score (nSPS) is 16.9. The topological polar surface area (TPSA) is 84.9 Å². The van der Waals surface area contributed by atoms with Crippen molar-refractivity contribution >= 4 is 17.7 Å². The molecule has 3 amide bonds. The second-order valence-electron chi connectivity index (χ2n) is 8.72. The van der Waals surface area contributed by atoms with Gasteiger partial charge in [0.2, 0.25) is 0 Å². The van der Waals surface area contributed by atoms with Crippen LogP contribution in [0.15, 0.2) is 72.8 Å². The lowest BCUT2D eigenvalue weighted by Crippen LogP contribution is -2.29. The van der Waals surface area contributed by atoms with Crippen LogP contribution in [0.3, 0.4) is 0 Å². The Hall–Kier alpha value is -3.97. The summed E-state index contributed by atoms with van der Waals surface area (Å²) in [5.41, 5.74) is 2.70. The van der Waals surface area contributed by atoms with Gasteiger partial charge in [-0.25, -0.2) is 0 Å². The molecule has 0 aliphatic carbocycles. The van der Waals surface area contributed by atoms with Crippen molar-refractivity contribution in [2.45, 2.75) is 32.0 Å². The predicted octanol–water partition coefficient (Wildman–Crippen LogP) is 3.97. The second-order valence-corrected chi connectivity index (χ2v) is 8.72. The molecule has 1 N–H and O–H groups in total. The molecule has 1 saturated heterocycles. The smallest absolute Gasteiger partial charge is 0.261 e. The third-order valence-electron chi connectivity index (χ3n) is 6.25. The van der Waals surface area contributed by atoms with Crippen molar-refractivity contribution in [3.05, 3.63) is 101 Å². The van der Waals surface area contributed by atoms with E-state index in [9.17, 15) is 14.4 Å². The van der Waals surface area contributed by atoms with Crippen molar-refractivity contribution in [1.82, 2.24) is 10.2 Å². The molecule has 3 aromatic carbocycles. The Kier molecular flexibility index (Phi) is 6.59. The van der Waals surface area contributed by atoms with E-state index in [2.05, 4.69) is 5.32 Å². The lowest BCUT2D eigenvalue weighted by Gasteiger charge is -2.13. The highest BCUT2D eigenvalue weighted by molar-refractivity contribution is 6.22. The van der Waals surface area contributed by atoms with Gasteiger partial charge in [0.05, 0.1) is 23.8 Å². The third-order valence-corrected chi connectivity index (χ3v) is 6.25. The van der Waals surface area contributed by atoms with Gasteiger partial charge in [-0.3, -0.25) is 19.3 Å². The highest BCUT2D eigenvalue weighted by Crippen LogP contribution is 2.26. The van der Waals surface area contributed by atoms with Crippen molar-refractivity contribution in [2.24, 2.45) is 0 Å². The van der Waals surface area contributed by atoms with Crippen molar-refractivity contribution in [1.29, 1.82) is 0 Å². The van der Waals surface area contributed by atoms with Crippen molar-refractivity contribution in [3.63, 3.8) is 0 Å². The molecule has 0 radical (unpaired) electrons. The number of hydrogen-bond donors (Lipinski definition) is 1. The van der Waals surface area contributed by atoms with Crippen LogP contribution in [0, 0.1) is 0 Å². The van der Waals surface area contributed by atoms with E-state index in [4.69, 9.17) is 9.47 Å². The van der Waals surface area contributed by atoms with Gasteiger partial charge in [-0.15, -0.1) is 0 Å². The summed E-state index contributed by atoms with van der Waals surface area (Å²) in [4.78, 5) is 39.6. The lowest BCUT2D eigenvalue weighted by molar-refractivity contribution is 0.0642. The number of hydrogen-bond acceptors (Lipinski definition) is 5. The number of fused-ring (bicyclic) bond motifs is 1. The number of nitrogens with zero attached hydrogens (tertiary/aromatic N) is 1. The van der Waals surface area contributed by atoms with E-state index < -0.39 is 0 Å². The van der Waals surface area contributed by atoms with Crippen LogP contribution < -0.4 is 10.1 Å². The minimum Gasteiger partial charge on any atom is -0.491 e. The summed E-state index contributed by atoms with van der Waals surface area (Å²) in [5.74, 6) is -0.282. The quantitative estimate of drug-likeness (QED) is 0.504. The first-order valence-corrected chi connectivity index (χ1v) is 11.7. The van der Waals surface area contributed by atoms with E-state index in [1.54, 1.807) is 12.1 Å². The summed E-state index contributed by atoms with van der Waals surface area (Å²) in [5, 5.41) is 2.87. The maximum Gasteiger partial charge on any atom is 0.261 e. The van der Waals surface area contributed by atoms with Gasteiger partial charge in [0, 0.05) is 18.7 Å². The van der Waals surface area contributed by atoms with Crippen LogP contribution in [-0.2, 0) is 17.8 Å². The second kappa shape index (κ2) is 10.1. The van der Waals surface area contributed by atoms with Crippen LogP contribution in [-0.4, -0.2) is 41.9 Å². The van der Waals surface area contributed by atoms with Crippen LogP contribution in [0.1, 0.15) is 55.0 Å². The summed E-state index contributed by atoms with van der Waals surface area (Å²) in [6.07, 6.45) is 2.26. The first-order valence-electron chi connectivity index (χ1n) is 11.7. The molecular formula is C28H26N2O5. The van der Waals surface area contributed by atoms with E-state index in [-0.39, 0.29) is 35.9 Å². The van der Waals surface area contributed by atoms with Gasteiger partial charge in [-0.05, 0) is 54.3 Å². The molecule has 0 saturated carbocycles. The first kappa shape index (κ1) is 22.8. The van der Waals surface area contributed by atoms with Crippen LogP contribution in [0.25, 0.3) is 0 Å². The zero-order chi connectivity index (χ0) is 24.2. The van der Waals surface area contributed by atoms with Crippen molar-refractivity contribution < 1.29 is 23.9 Å². The highest BCUT2D eigenvalue weighted by Gasteiger charge is 2.36. The van der Waals surface area contributed by atoms with Gasteiger partial charge < -0.3 is 14.8 Å². The molecule has 1 unspecified atom stereocenters. The van der Waals surface area contributed by atoms with E-state index in [0.717, 1.165) is 36.3 Å². The average molecular weight is 471 g/mol. The van der Waals surface area contributed by atoms with Crippen LogP contribution in [0.5, 0.6) is 5.75 Å². The van der Waals surface area contributed by atoms with Crippen LogP contribution in [0.4, 0.5) is 0 Å². The molecule has 7 heteroatoms. The largest absolute Gasteiger partial charge is 0.491 e. The number of rotatable bonds is 8. The summed E-state index contributed by atoms with van der Waals surface area (Å²) in [7, 11) is 0. The lowest BCUT2D eigenvalue weighted by atomic mass is 10.1. The number of ether oxygens (including phenoxy) is 2. The molecule has 0 aromatic heterocycles. The standard InChI is InChI=1S/C28H26N2O5/c31-26(29-16-19-8-11-22(12-9-19)35-18-23-7-4-14-34-23)21-10-13-24-25(15-21)28(33)30(27(24)32)17-20-5-2-1-3-6-20/h1-3,5-6,8-13,15,23H,4,7,14,16-18H2,(H,29,31). The van der Waals surface area contributed by atoms with Gasteiger partial charge in [0.25, 0.3) is 17.7 Å². The minimum absolute atomic E-state index is 0.161. The Morgan fingerprint density at radius 1 is 0.943 bits per heavy atom. The Morgan fingerprint density at radius 2 is 1.71 bits per heavy atom. The molecule has 0 bridgehead atoms. The van der Waals surface area contributed by atoms with E-state index in [1.807, 2.05) is 54.6 Å². The van der Waals surface area contributed by atoms with Gasteiger partial charge in [0.1, 0.15) is 12.4 Å². The summed E-state index contributed by atoms with van der Waals surface area (Å²) in [6, 6.07) is 21.5. The van der Waals surface area contributed by atoms with E-state index in [1.165, 1.54) is 11.0 Å². The summed E-state index contributed by atoms with van der Waals surface area (Å²) in [6.45, 7) is 1.86. The maximum absolute atomic E-state index is 12.9. The molecule has 7 nitrogen and oxygen atoms in total. The fourth-order valence-electron chi connectivity index (χ4n) is 4.29. The molecule has 5 rings (SSSR count). The van der Waals surface area contributed by atoms with Gasteiger partial charge >= 0.3 is 0 Å². The molecule has 2 aliphatic rings. The van der Waals surface area contributed by atoms with E-state index >= 15 is 0 Å². The first-order chi connectivity index (χ1) is 17.1. The number of carbonyl (C=O) groups is 3. The molecule has 2 aliphatic heterocycles. The zero-order valence-electron chi connectivity index (χ0n) is 19.2. The van der Waals surface area contributed by atoms with Gasteiger partial charge in [-0.1, -0.05) is 42.5 Å². The Morgan fingerprint density at radius 3 is 2.46 bits per heavy atom. The molecular weight excluding hydrogens is 444 g/mol. The maximum atomic E-state index is 12.9. The fourth-order valence-corrected chi connectivity index (χ4v) is 4.29. The Labute approximate surface area is 203 Å². The molecule has 2 heterocycles. The number of imide groups is 1. The Bertz CT molecular complexity index is 1230. The molecule has 35 heavy (non-hydrogen) atoms. The number of nitrogens with one attached hydrogen (secondary N) is 1. The number of carbonyl (C=O) groups excluding carboxylic acids is 3. The molecule has 1 fully saturated rings. The van der Waals surface area contributed by atoms with Crippen LogP contribution >= 0.6 is 0 Å². The summed E-state index contributed by atoms with van der Waals surface area (Å²) < 4.78 is 11.3. The predicted molar refractivity (Wildman–Crippen MR) is 129 cm³/mol. The fraction of sp³-hybridized carbons (Fsp3) is 0.250. The molecule has 1 atom stereocenters.